The predicted molar refractivity (Wildman–Crippen MR) is 95.9 cm³/mol. The van der Waals surface area contributed by atoms with E-state index < -0.39 is 12.1 Å². The highest BCUT2D eigenvalue weighted by molar-refractivity contribution is 5.67. The molecule has 1 unspecified atom stereocenters. The van der Waals surface area contributed by atoms with Gasteiger partial charge < -0.3 is 14.9 Å². The molecule has 0 amide bonds. The summed E-state index contributed by atoms with van der Waals surface area (Å²) in [5, 5.41) is 19.9. The Hall–Kier alpha value is -1.59. The Labute approximate surface area is 149 Å². The standard InChI is InChI=1S/C20H29NO4/c1-20(2,3)14-6-7-15-17(10-14)25-12-16(19(15)24)21-8-4-5-13(11-21)9-18(22)23/h6-7,10,13,16,19,24H,4-5,8-9,11-12H2,1-3H3,(H,22,23)/t13?,16-,19+/m0/s1. The fourth-order valence-corrected chi connectivity index (χ4v) is 3.96. The molecule has 2 N–H and O–H groups in total. The molecule has 2 heterocycles. The van der Waals surface area contributed by atoms with E-state index in [2.05, 4.69) is 31.7 Å². The number of piperidine rings is 1. The minimum Gasteiger partial charge on any atom is -0.491 e. The quantitative estimate of drug-likeness (QED) is 0.880. The third-order valence-corrected chi connectivity index (χ3v) is 5.46. The number of aliphatic hydroxyl groups excluding tert-OH is 1. The average Bonchev–Trinajstić information content (AvgIpc) is 2.53. The summed E-state index contributed by atoms with van der Waals surface area (Å²) in [6.45, 7) is 8.53. The first-order valence-corrected chi connectivity index (χ1v) is 9.17. The van der Waals surface area contributed by atoms with Gasteiger partial charge in [0, 0.05) is 18.5 Å². The molecule has 2 aliphatic rings. The van der Waals surface area contributed by atoms with Gasteiger partial charge in [0.25, 0.3) is 0 Å². The fourth-order valence-electron chi connectivity index (χ4n) is 3.96. The Kier molecular flexibility index (Phi) is 5.07. The molecule has 0 radical (unpaired) electrons. The lowest BCUT2D eigenvalue weighted by molar-refractivity contribution is -0.138. The lowest BCUT2D eigenvalue weighted by Crippen LogP contribution is -2.50. The largest absolute Gasteiger partial charge is 0.491 e. The Morgan fingerprint density at radius 3 is 2.80 bits per heavy atom. The Balaban J connectivity index is 1.75. The molecular formula is C20H29NO4. The maximum absolute atomic E-state index is 11.0. The van der Waals surface area contributed by atoms with Crippen LogP contribution < -0.4 is 4.74 Å². The van der Waals surface area contributed by atoms with E-state index in [0.717, 1.165) is 30.7 Å². The van der Waals surface area contributed by atoms with Crippen LogP contribution in [-0.2, 0) is 10.2 Å². The van der Waals surface area contributed by atoms with Crippen molar-refractivity contribution in [3.63, 3.8) is 0 Å². The minimum absolute atomic E-state index is 0.0388. The van der Waals surface area contributed by atoms with Crippen LogP contribution in [0.5, 0.6) is 5.75 Å². The van der Waals surface area contributed by atoms with Gasteiger partial charge >= 0.3 is 5.97 Å². The monoisotopic (exact) mass is 347 g/mol. The van der Waals surface area contributed by atoms with Crippen LogP contribution in [0.4, 0.5) is 0 Å². The van der Waals surface area contributed by atoms with Crippen LogP contribution >= 0.6 is 0 Å². The number of carboxylic acids is 1. The topological polar surface area (TPSA) is 70.0 Å². The first-order valence-electron chi connectivity index (χ1n) is 9.17. The van der Waals surface area contributed by atoms with E-state index >= 15 is 0 Å². The molecule has 0 saturated carbocycles. The smallest absolute Gasteiger partial charge is 0.303 e. The first kappa shape index (κ1) is 18.2. The van der Waals surface area contributed by atoms with Crippen LogP contribution in [0, 0.1) is 5.92 Å². The van der Waals surface area contributed by atoms with Gasteiger partial charge in [-0.05, 0) is 42.3 Å². The maximum atomic E-state index is 11.0. The molecule has 1 saturated heterocycles. The van der Waals surface area contributed by atoms with Crippen molar-refractivity contribution in [1.82, 2.24) is 4.90 Å². The first-order chi connectivity index (χ1) is 11.8. The maximum Gasteiger partial charge on any atom is 0.303 e. The minimum atomic E-state index is -0.743. The normalized spacial score (nSPS) is 27.4. The molecule has 0 bridgehead atoms. The van der Waals surface area contributed by atoms with Gasteiger partial charge in [0.15, 0.2) is 0 Å². The van der Waals surface area contributed by atoms with Crippen molar-refractivity contribution in [2.24, 2.45) is 5.92 Å². The Morgan fingerprint density at radius 2 is 2.12 bits per heavy atom. The van der Waals surface area contributed by atoms with E-state index in [1.807, 2.05) is 12.1 Å². The molecule has 1 aromatic rings. The summed E-state index contributed by atoms with van der Waals surface area (Å²) in [5.74, 6) is 0.186. The molecule has 0 aromatic heterocycles. The Bertz CT molecular complexity index is 637. The summed E-state index contributed by atoms with van der Waals surface area (Å²) < 4.78 is 5.99. The lowest BCUT2D eigenvalue weighted by Gasteiger charge is -2.42. The predicted octanol–water partition coefficient (Wildman–Crippen LogP) is 2.97. The summed E-state index contributed by atoms with van der Waals surface area (Å²) in [6, 6.07) is 5.98. The third-order valence-electron chi connectivity index (χ3n) is 5.46. The number of nitrogens with zero attached hydrogens (tertiary/aromatic N) is 1. The molecule has 2 aliphatic heterocycles. The number of aliphatic carboxylic acids is 1. The van der Waals surface area contributed by atoms with Crippen molar-refractivity contribution in [1.29, 1.82) is 0 Å². The van der Waals surface area contributed by atoms with E-state index in [-0.39, 0.29) is 23.8 Å². The number of benzene rings is 1. The van der Waals surface area contributed by atoms with E-state index in [1.54, 1.807) is 0 Å². The summed E-state index contributed by atoms with van der Waals surface area (Å²) in [4.78, 5) is 13.2. The van der Waals surface area contributed by atoms with Crippen molar-refractivity contribution < 1.29 is 19.7 Å². The number of carbonyl (C=O) groups is 1. The molecule has 25 heavy (non-hydrogen) atoms. The summed E-state index contributed by atoms with van der Waals surface area (Å²) in [5.41, 5.74) is 2.07. The summed E-state index contributed by atoms with van der Waals surface area (Å²) in [6.07, 6.45) is 1.52. The van der Waals surface area contributed by atoms with Gasteiger partial charge in [-0.1, -0.05) is 32.9 Å². The zero-order valence-corrected chi connectivity index (χ0v) is 15.4. The Morgan fingerprint density at radius 1 is 1.36 bits per heavy atom. The molecule has 0 aliphatic carbocycles. The summed E-state index contributed by atoms with van der Waals surface area (Å²) in [7, 11) is 0. The van der Waals surface area contributed by atoms with Crippen LogP contribution in [0.15, 0.2) is 18.2 Å². The molecular weight excluding hydrogens is 318 g/mol. The zero-order valence-electron chi connectivity index (χ0n) is 15.4. The van der Waals surface area contributed by atoms with Gasteiger partial charge in [-0.2, -0.15) is 0 Å². The highest BCUT2D eigenvalue weighted by Gasteiger charge is 2.36. The van der Waals surface area contributed by atoms with Crippen molar-refractivity contribution in [2.45, 2.75) is 57.6 Å². The molecule has 5 heteroatoms. The van der Waals surface area contributed by atoms with Crippen LogP contribution in [-0.4, -0.2) is 46.8 Å². The second-order valence-corrected chi connectivity index (χ2v) is 8.43. The van der Waals surface area contributed by atoms with Crippen molar-refractivity contribution in [2.75, 3.05) is 19.7 Å². The summed E-state index contributed by atoms with van der Waals surface area (Å²) >= 11 is 0. The van der Waals surface area contributed by atoms with E-state index in [4.69, 9.17) is 9.84 Å². The van der Waals surface area contributed by atoms with Crippen molar-refractivity contribution >= 4 is 5.97 Å². The molecule has 1 fully saturated rings. The zero-order chi connectivity index (χ0) is 18.2. The van der Waals surface area contributed by atoms with Crippen molar-refractivity contribution in [3.8, 4) is 5.75 Å². The molecule has 3 rings (SSSR count). The van der Waals surface area contributed by atoms with Crippen LogP contribution in [0.1, 0.15) is 57.3 Å². The highest BCUT2D eigenvalue weighted by Crippen LogP contribution is 2.38. The molecule has 0 spiro atoms. The van der Waals surface area contributed by atoms with Gasteiger partial charge in [-0.3, -0.25) is 9.69 Å². The van der Waals surface area contributed by atoms with Gasteiger partial charge in [0.05, 0.1) is 6.04 Å². The number of ether oxygens (including phenoxy) is 1. The molecule has 3 atom stereocenters. The number of hydrogen-bond donors (Lipinski definition) is 2. The average molecular weight is 347 g/mol. The van der Waals surface area contributed by atoms with Gasteiger partial charge in [0.1, 0.15) is 18.5 Å². The lowest BCUT2D eigenvalue weighted by atomic mass is 9.84. The van der Waals surface area contributed by atoms with Crippen LogP contribution in [0.2, 0.25) is 0 Å². The van der Waals surface area contributed by atoms with E-state index in [1.165, 1.54) is 5.56 Å². The second kappa shape index (κ2) is 6.96. The number of rotatable bonds is 3. The van der Waals surface area contributed by atoms with Crippen LogP contribution in [0.25, 0.3) is 0 Å². The number of fused-ring (bicyclic) bond motifs is 1. The number of aliphatic hydroxyl groups is 1. The number of carboxylic acid groups (broad SMARTS) is 1. The number of hydrogen-bond acceptors (Lipinski definition) is 4. The third kappa shape index (κ3) is 3.98. The number of likely N-dealkylation sites (tertiary alicyclic amines) is 1. The highest BCUT2D eigenvalue weighted by atomic mass is 16.5. The van der Waals surface area contributed by atoms with Gasteiger partial charge in [-0.15, -0.1) is 0 Å². The van der Waals surface area contributed by atoms with E-state index in [0.29, 0.717) is 13.2 Å². The molecule has 5 nitrogen and oxygen atoms in total. The molecule has 138 valence electrons. The van der Waals surface area contributed by atoms with Crippen LogP contribution in [0.3, 0.4) is 0 Å². The van der Waals surface area contributed by atoms with Gasteiger partial charge in [-0.25, -0.2) is 0 Å². The van der Waals surface area contributed by atoms with E-state index in [9.17, 15) is 9.90 Å². The molecule has 1 aromatic carbocycles. The second-order valence-electron chi connectivity index (χ2n) is 8.43. The van der Waals surface area contributed by atoms with Crippen molar-refractivity contribution in [3.05, 3.63) is 29.3 Å². The van der Waals surface area contributed by atoms with Gasteiger partial charge in [0.2, 0.25) is 0 Å². The SMILES string of the molecule is CC(C)(C)c1ccc2c(c1)OC[C@H](N1CCCC(CC(=O)O)C1)[C@@H]2O. The fraction of sp³-hybridized carbons (Fsp3) is 0.650.